The Hall–Kier alpha value is -1.82. The molecule has 0 aliphatic carbocycles. The van der Waals surface area contributed by atoms with Crippen LogP contribution >= 0.6 is 0 Å². The minimum absolute atomic E-state index is 0.0552. The van der Waals surface area contributed by atoms with Gasteiger partial charge in [0.1, 0.15) is 12.0 Å². The van der Waals surface area contributed by atoms with Crippen LogP contribution < -0.4 is 0 Å². The van der Waals surface area contributed by atoms with E-state index >= 15 is 0 Å². The molecule has 0 bridgehead atoms. The van der Waals surface area contributed by atoms with Crippen molar-refractivity contribution in [3.63, 3.8) is 0 Å². The van der Waals surface area contributed by atoms with Gasteiger partial charge in [0.25, 0.3) is 0 Å². The van der Waals surface area contributed by atoms with E-state index in [1.807, 2.05) is 0 Å². The number of amides is 1. The Morgan fingerprint density at radius 1 is 1.32 bits per heavy atom. The topological polar surface area (TPSA) is 76.1 Å². The first-order chi connectivity index (χ1) is 9.05. The molecule has 1 saturated heterocycles. The summed E-state index contributed by atoms with van der Waals surface area (Å²) in [5, 5.41) is 9.34. The maximum atomic E-state index is 11.7. The van der Waals surface area contributed by atoms with Gasteiger partial charge in [0.05, 0.1) is 13.2 Å². The summed E-state index contributed by atoms with van der Waals surface area (Å²) >= 11 is 0. The highest BCUT2D eigenvalue weighted by Gasteiger charge is 2.47. The number of hydrogen-bond donors (Lipinski definition) is 1. The van der Waals surface area contributed by atoms with E-state index in [0.29, 0.717) is 13.0 Å². The Morgan fingerprint density at radius 3 is 2.58 bits per heavy atom. The second-order valence-corrected chi connectivity index (χ2v) is 4.43. The summed E-state index contributed by atoms with van der Waals surface area (Å²) in [6.45, 7) is 7.85. The van der Waals surface area contributed by atoms with Gasteiger partial charge in [-0.3, -0.25) is 4.79 Å². The first-order valence-electron chi connectivity index (χ1n) is 6.00. The molecular formula is C13H19NO5. The van der Waals surface area contributed by atoms with Gasteiger partial charge in [-0.15, -0.1) is 6.58 Å². The predicted octanol–water partition coefficient (Wildman–Crippen LogP) is 1.29. The zero-order valence-corrected chi connectivity index (χ0v) is 10.8. The lowest BCUT2D eigenvalue weighted by Gasteiger charge is -2.24. The van der Waals surface area contributed by atoms with Crippen LogP contribution in [0.3, 0.4) is 0 Å². The van der Waals surface area contributed by atoms with Gasteiger partial charge in [-0.05, 0) is 6.42 Å². The molecule has 19 heavy (non-hydrogen) atoms. The van der Waals surface area contributed by atoms with E-state index in [2.05, 4.69) is 13.2 Å². The molecule has 0 saturated carbocycles. The van der Waals surface area contributed by atoms with Crippen LogP contribution in [0.1, 0.15) is 6.42 Å². The van der Waals surface area contributed by atoms with Crippen LogP contribution in [0.15, 0.2) is 25.3 Å². The van der Waals surface area contributed by atoms with E-state index in [-0.39, 0.29) is 26.4 Å². The molecule has 0 spiro atoms. The van der Waals surface area contributed by atoms with E-state index in [0.717, 1.165) is 0 Å². The lowest BCUT2D eigenvalue weighted by molar-refractivity contribution is -0.151. The van der Waals surface area contributed by atoms with E-state index in [9.17, 15) is 14.7 Å². The quantitative estimate of drug-likeness (QED) is 0.556. The van der Waals surface area contributed by atoms with Crippen molar-refractivity contribution in [1.82, 2.24) is 4.90 Å². The minimum atomic E-state index is -1.06. The van der Waals surface area contributed by atoms with Crippen molar-refractivity contribution in [3.05, 3.63) is 25.3 Å². The third kappa shape index (κ3) is 3.82. The van der Waals surface area contributed by atoms with Gasteiger partial charge in [0, 0.05) is 13.1 Å². The normalized spacial score (nSPS) is 22.0. The molecule has 0 radical (unpaired) electrons. The summed E-state index contributed by atoms with van der Waals surface area (Å²) in [4.78, 5) is 24.4. The van der Waals surface area contributed by atoms with Crippen LogP contribution in [0.2, 0.25) is 0 Å². The zero-order valence-electron chi connectivity index (χ0n) is 10.8. The van der Waals surface area contributed by atoms with E-state index in [1.54, 1.807) is 6.08 Å². The Morgan fingerprint density at radius 2 is 2.00 bits per heavy atom. The average molecular weight is 269 g/mol. The standard InChI is InChI=1S/C13H19NO5/c1-3-7-18-10-13(11(15)16)5-6-14(9-13)12(17)19-8-4-2/h3-4H,1-2,5-10H2,(H,15,16). The van der Waals surface area contributed by atoms with Gasteiger partial charge in [0.2, 0.25) is 0 Å². The Balaban J connectivity index is 2.61. The molecule has 6 nitrogen and oxygen atoms in total. The van der Waals surface area contributed by atoms with Crippen LogP contribution in [0, 0.1) is 5.41 Å². The molecule has 1 heterocycles. The van der Waals surface area contributed by atoms with Crippen LogP contribution in [-0.4, -0.2) is 55.0 Å². The van der Waals surface area contributed by atoms with E-state index in [1.165, 1.54) is 11.0 Å². The Labute approximate surface area is 112 Å². The van der Waals surface area contributed by atoms with Gasteiger partial charge in [-0.1, -0.05) is 18.7 Å². The van der Waals surface area contributed by atoms with Crippen LogP contribution in [0.4, 0.5) is 4.79 Å². The molecular weight excluding hydrogens is 250 g/mol. The molecule has 0 aromatic rings. The second kappa shape index (κ2) is 6.94. The number of rotatable bonds is 7. The maximum absolute atomic E-state index is 11.7. The number of carbonyl (C=O) groups is 2. The summed E-state index contributed by atoms with van der Waals surface area (Å²) in [5.74, 6) is -0.962. The van der Waals surface area contributed by atoms with Gasteiger partial charge >= 0.3 is 12.1 Å². The molecule has 0 aromatic carbocycles. The number of ether oxygens (including phenoxy) is 2. The molecule has 106 valence electrons. The van der Waals surface area contributed by atoms with E-state index < -0.39 is 17.5 Å². The number of hydrogen-bond acceptors (Lipinski definition) is 4. The highest BCUT2D eigenvalue weighted by atomic mass is 16.6. The van der Waals surface area contributed by atoms with Crippen molar-refractivity contribution in [2.24, 2.45) is 5.41 Å². The summed E-state index contributed by atoms with van der Waals surface area (Å²) in [5.41, 5.74) is -1.06. The molecule has 1 fully saturated rings. The lowest BCUT2D eigenvalue weighted by atomic mass is 9.88. The highest BCUT2D eigenvalue weighted by Crippen LogP contribution is 2.31. The van der Waals surface area contributed by atoms with Gasteiger partial charge in [-0.2, -0.15) is 0 Å². The average Bonchev–Trinajstić information content (AvgIpc) is 2.82. The smallest absolute Gasteiger partial charge is 0.410 e. The van der Waals surface area contributed by atoms with E-state index in [4.69, 9.17) is 9.47 Å². The number of nitrogens with zero attached hydrogens (tertiary/aromatic N) is 1. The molecule has 0 aromatic heterocycles. The Kier molecular flexibility index (Phi) is 5.57. The highest BCUT2D eigenvalue weighted by molar-refractivity contribution is 5.78. The third-order valence-corrected chi connectivity index (χ3v) is 3.00. The SMILES string of the molecule is C=CCOCC1(C(=O)O)CCN(C(=O)OCC=C)C1. The molecule has 1 N–H and O–H groups in total. The molecule has 1 rings (SSSR count). The van der Waals surface area contributed by atoms with Gasteiger partial charge in [0.15, 0.2) is 0 Å². The predicted molar refractivity (Wildman–Crippen MR) is 68.8 cm³/mol. The van der Waals surface area contributed by atoms with Crippen LogP contribution in [-0.2, 0) is 14.3 Å². The molecule has 1 unspecified atom stereocenters. The third-order valence-electron chi connectivity index (χ3n) is 3.00. The van der Waals surface area contributed by atoms with Crippen molar-refractivity contribution in [2.75, 3.05) is 32.9 Å². The van der Waals surface area contributed by atoms with Gasteiger partial charge in [-0.25, -0.2) is 4.79 Å². The molecule has 1 amide bonds. The van der Waals surface area contributed by atoms with Crippen LogP contribution in [0.25, 0.3) is 0 Å². The van der Waals surface area contributed by atoms with Crippen molar-refractivity contribution < 1.29 is 24.2 Å². The number of carboxylic acid groups (broad SMARTS) is 1. The van der Waals surface area contributed by atoms with Crippen LogP contribution in [0.5, 0.6) is 0 Å². The fraction of sp³-hybridized carbons (Fsp3) is 0.538. The first kappa shape index (κ1) is 15.2. The second-order valence-electron chi connectivity index (χ2n) is 4.43. The van der Waals surface area contributed by atoms with Crippen molar-refractivity contribution >= 4 is 12.1 Å². The Bertz CT molecular complexity index is 368. The molecule has 1 atom stereocenters. The molecule has 6 heteroatoms. The summed E-state index contributed by atoms with van der Waals surface area (Å²) in [6.07, 6.45) is 2.85. The van der Waals surface area contributed by atoms with Crippen molar-refractivity contribution in [2.45, 2.75) is 6.42 Å². The lowest BCUT2D eigenvalue weighted by Crippen LogP contribution is -2.40. The summed E-state index contributed by atoms with van der Waals surface area (Å²) in [7, 11) is 0. The largest absolute Gasteiger partial charge is 0.481 e. The summed E-state index contributed by atoms with van der Waals surface area (Å²) < 4.78 is 10.1. The zero-order chi connectivity index (χ0) is 14.3. The number of carbonyl (C=O) groups excluding carboxylic acids is 1. The van der Waals surface area contributed by atoms with Crippen molar-refractivity contribution in [3.8, 4) is 0 Å². The minimum Gasteiger partial charge on any atom is -0.481 e. The number of likely N-dealkylation sites (tertiary alicyclic amines) is 1. The maximum Gasteiger partial charge on any atom is 0.410 e. The fourth-order valence-electron chi connectivity index (χ4n) is 1.94. The van der Waals surface area contributed by atoms with Gasteiger partial charge < -0.3 is 19.5 Å². The summed E-state index contributed by atoms with van der Waals surface area (Å²) in [6, 6.07) is 0. The van der Waals surface area contributed by atoms with Crippen molar-refractivity contribution in [1.29, 1.82) is 0 Å². The number of carboxylic acids is 1. The first-order valence-corrected chi connectivity index (χ1v) is 6.00. The monoisotopic (exact) mass is 269 g/mol. The fourth-order valence-corrected chi connectivity index (χ4v) is 1.94. The number of aliphatic carboxylic acids is 1. The molecule has 1 aliphatic heterocycles. The molecule has 1 aliphatic rings.